The molecule has 3 aliphatic heterocycles. The number of ether oxygens (including phenoxy) is 1. The average Bonchev–Trinajstić information content (AvgIpc) is 3.89. The van der Waals surface area contributed by atoms with Gasteiger partial charge < -0.3 is 19.4 Å². The fourth-order valence-electron chi connectivity index (χ4n) is 8.38. The second-order valence-corrected chi connectivity index (χ2v) is 14.7. The number of imide groups is 1. The van der Waals surface area contributed by atoms with E-state index in [1.165, 1.54) is 4.57 Å². The number of piperidine rings is 1. The smallest absolute Gasteiger partial charge is 0.420 e. The van der Waals surface area contributed by atoms with Gasteiger partial charge in [0.2, 0.25) is 18.0 Å². The van der Waals surface area contributed by atoms with Gasteiger partial charge in [0.05, 0.1) is 35.3 Å². The van der Waals surface area contributed by atoms with Gasteiger partial charge in [-0.15, -0.1) is 0 Å². The van der Waals surface area contributed by atoms with Gasteiger partial charge in [-0.3, -0.25) is 29.2 Å². The Kier molecular flexibility index (Phi) is 8.96. The van der Waals surface area contributed by atoms with Crippen LogP contribution in [0, 0.1) is 11.8 Å². The summed E-state index contributed by atoms with van der Waals surface area (Å²) < 4.78 is 16.2. The van der Waals surface area contributed by atoms with Crippen molar-refractivity contribution in [1.82, 2.24) is 29.4 Å². The van der Waals surface area contributed by atoms with Crippen LogP contribution in [-0.2, 0) is 9.59 Å². The van der Waals surface area contributed by atoms with E-state index in [2.05, 4.69) is 36.7 Å². The molecule has 1 saturated carbocycles. The summed E-state index contributed by atoms with van der Waals surface area (Å²) >= 11 is 0. The maximum absolute atomic E-state index is 13.3. The highest BCUT2D eigenvalue weighted by molar-refractivity contribution is 6.06. The summed E-state index contributed by atoms with van der Waals surface area (Å²) in [5.41, 5.74) is 2.93. The molecule has 2 N–H and O–H groups in total. The minimum atomic E-state index is -0.767. The lowest BCUT2D eigenvalue weighted by Crippen LogP contribution is -2.48. The van der Waals surface area contributed by atoms with E-state index in [1.807, 2.05) is 35.1 Å². The first-order valence-electron chi connectivity index (χ1n) is 18.8. The summed E-state index contributed by atoms with van der Waals surface area (Å²) in [7, 11) is 1.54. The number of methoxy groups -OCH3 is 1. The maximum Gasteiger partial charge on any atom is 0.420 e. The van der Waals surface area contributed by atoms with E-state index in [0.29, 0.717) is 45.7 Å². The Bertz CT molecular complexity index is 2560. The number of imidazole rings is 1. The van der Waals surface area contributed by atoms with Crippen molar-refractivity contribution in [2.45, 2.75) is 44.6 Å². The van der Waals surface area contributed by atoms with Crippen molar-refractivity contribution >= 4 is 58.4 Å². The van der Waals surface area contributed by atoms with Gasteiger partial charge in [-0.1, -0.05) is 10.8 Å². The van der Waals surface area contributed by atoms with Crippen LogP contribution >= 0.6 is 0 Å². The minimum Gasteiger partial charge on any atom is -0.496 e. The summed E-state index contributed by atoms with van der Waals surface area (Å²) in [6.07, 6.45) is 12.3. The van der Waals surface area contributed by atoms with Gasteiger partial charge in [0.15, 0.2) is 23.3 Å². The summed E-state index contributed by atoms with van der Waals surface area (Å²) in [4.78, 5) is 59.6. The van der Waals surface area contributed by atoms with Crippen molar-refractivity contribution in [3.05, 3.63) is 81.5 Å². The van der Waals surface area contributed by atoms with Gasteiger partial charge >= 0.3 is 5.76 Å². The molecule has 16 heteroatoms. The lowest BCUT2D eigenvalue weighted by atomic mass is 9.82. The largest absolute Gasteiger partial charge is 0.496 e. The third-order valence-electron chi connectivity index (χ3n) is 11.2. The minimum absolute atomic E-state index is 0.184. The van der Waals surface area contributed by atoms with Crippen molar-refractivity contribution in [1.29, 1.82) is 0 Å². The van der Waals surface area contributed by atoms with Crippen LogP contribution in [0.4, 0.5) is 11.5 Å². The molecule has 0 spiro atoms. The van der Waals surface area contributed by atoms with E-state index in [9.17, 15) is 19.2 Å². The predicted molar refractivity (Wildman–Crippen MR) is 202 cm³/mol. The first kappa shape index (κ1) is 34.6. The molecule has 3 fully saturated rings. The molecule has 1 atom stereocenters. The molecule has 1 unspecified atom stereocenters. The van der Waals surface area contributed by atoms with Crippen molar-refractivity contribution in [3.63, 3.8) is 0 Å². The van der Waals surface area contributed by atoms with Gasteiger partial charge in [-0.05, 0) is 68.4 Å². The molecule has 16 nitrogen and oxygen atoms in total. The number of benzene rings is 2. The number of carbonyl (C=O) groups excluding carboxylic acids is 3. The molecule has 3 amide bonds. The normalized spacial score (nSPS) is 22.4. The zero-order chi connectivity index (χ0) is 37.6. The number of nitrogens with zero attached hydrogens (tertiary/aromatic N) is 8. The zero-order valence-electron chi connectivity index (χ0n) is 30.4. The lowest BCUT2D eigenvalue weighted by molar-refractivity contribution is -0.424. The molecule has 0 radical (unpaired) electrons. The fraction of sp³-hybridized carbons (Fsp3) is 0.385. The first-order chi connectivity index (χ1) is 26.8. The van der Waals surface area contributed by atoms with Crippen LogP contribution in [0.5, 0.6) is 5.75 Å². The molecule has 5 aromatic rings. The van der Waals surface area contributed by atoms with Crippen LogP contribution in [0.3, 0.4) is 0 Å². The number of aromatic nitrogens is 4. The summed E-state index contributed by atoms with van der Waals surface area (Å²) in [6, 6.07) is 12.1. The molecular weight excluding hydrogens is 704 g/mol. The average molecular weight is 746 g/mol. The van der Waals surface area contributed by atoms with Crippen LogP contribution in [-0.4, -0.2) is 92.5 Å². The van der Waals surface area contributed by atoms with Crippen LogP contribution in [0.25, 0.3) is 22.9 Å². The highest BCUT2D eigenvalue weighted by Gasteiger charge is 2.33. The Morgan fingerprint density at radius 3 is 2.69 bits per heavy atom. The topological polar surface area (TPSA) is 172 Å². The van der Waals surface area contributed by atoms with Crippen molar-refractivity contribution in [2.75, 3.05) is 50.1 Å². The predicted octanol–water partition coefficient (Wildman–Crippen LogP) is 1.87. The van der Waals surface area contributed by atoms with Crippen molar-refractivity contribution < 1.29 is 28.2 Å². The highest BCUT2D eigenvalue weighted by atomic mass is 16.5. The SMILES string of the molecule is COc1cc2c(cc1C(=O)Nc1cnc3cccnn13)=C/[N+](=C/C1CCC(CN3CCN(c4cccc5c4oc(=O)n5C4CCC(=O)NC4=O)CC3)CC1)N=2. The van der Waals surface area contributed by atoms with E-state index >= 15 is 0 Å². The number of amides is 3. The number of oxazole rings is 1. The molecule has 55 heavy (non-hydrogen) atoms. The van der Waals surface area contributed by atoms with Gasteiger partial charge in [0.1, 0.15) is 17.1 Å². The molecular formula is C39H41N10O6+. The van der Waals surface area contributed by atoms with Crippen LogP contribution in [0.15, 0.2) is 69.2 Å². The number of hydrogen-bond donors (Lipinski definition) is 2. The van der Waals surface area contributed by atoms with Gasteiger partial charge in [-0.25, -0.2) is 9.78 Å². The Balaban J connectivity index is 0.800. The summed E-state index contributed by atoms with van der Waals surface area (Å²) in [5, 5.41) is 15.9. The van der Waals surface area contributed by atoms with Crippen molar-refractivity contribution in [3.8, 4) is 5.75 Å². The van der Waals surface area contributed by atoms with Crippen LogP contribution in [0.2, 0.25) is 0 Å². The van der Waals surface area contributed by atoms with Crippen molar-refractivity contribution in [2.24, 2.45) is 16.9 Å². The molecule has 2 aromatic carbocycles. The summed E-state index contributed by atoms with van der Waals surface area (Å²) in [6.45, 7) is 4.45. The van der Waals surface area contributed by atoms with E-state index in [-0.39, 0.29) is 24.7 Å². The van der Waals surface area contributed by atoms with E-state index in [0.717, 1.165) is 74.7 Å². The Labute approximate surface area is 314 Å². The Morgan fingerprint density at radius 1 is 1.05 bits per heavy atom. The molecule has 1 aliphatic carbocycles. The Morgan fingerprint density at radius 2 is 1.89 bits per heavy atom. The third kappa shape index (κ3) is 6.66. The first-order valence-corrected chi connectivity index (χ1v) is 18.8. The number of fused-ring (bicyclic) bond motifs is 3. The summed E-state index contributed by atoms with van der Waals surface area (Å²) in [5.74, 6) is 0.214. The number of rotatable bonds is 8. The zero-order valence-corrected chi connectivity index (χ0v) is 30.4. The van der Waals surface area contributed by atoms with Crippen LogP contribution in [0.1, 0.15) is 54.9 Å². The standard InChI is InChI=1S/C39H40N10O6/c1-54-32-19-28-26(18-27(32)37(51)42-34-20-40-33-6-3-13-41-49(33)34)23-47(44-28)22-25-9-7-24(8-10-25)21-45-14-16-46(17-15-45)29-4-2-5-30-36(29)55-39(53)48(30)31-11-12-35(50)43-38(31)52/h2-6,13,18-20,22-25,31H,7-12,14-17,21H2,1H3,(H-,41,42,43,50,51,52)/p+1/b47-22-. The third-order valence-corrected chi connectivity index (χ3v) is 11.2. The van der Waals surface area contributed by atoms with E-state index in [1.54, 1.807) is 42.2 Å². The number of anilines is 2. The lowest BCUT2D eigenvalue weighted by Gasteiger charge is -2.38. The Hall–Kier alpha value is -6.16. The quantitative estimate of drug-likeness (QED) is 0.177. The van der Waals surface area contributed by atoms with Gasteiger partial charge in [0.25, 0.3) is 5.91 Å². The molecule has 282 valence electrons. The fourth-order valence-corrected chi connectivity index (χ4v) is 8.38. The molecule has 9 rings (SSSR count). The maximum atomic E-state index is 13.3. The number of hydrogen-bond acceptors (Lipinski definition) is 11. The highest BCUT2D eigenvalue weighted by Crippen LogP contribution is 2.32. The van der Waals surface area contributed by atoms with E-state index in [4.69, 9.17) is 14.3 Å². The number of piperazine rings is 1. The van der Waals surface area contributed by atoms with E-state index < -0.39 is 17.7 Å². The molecule has 3 aromatic heterocycles. The second-order valence-electron chi connectivity index (χ2n) is 14.7. The number of carbonyl (C=O) groups is 3. The van der Waals surface area contributed by atoms with Crippen LogP contribution < -0.4 is 36.6 Å². The monoisotopic (exact) mass is 745 g/mol. The molecule has 2 saturated heterocycles. The number of para-hydroxylation sites is 1. The number of nitrogens with one attached hydrogen (secondary N) is 2. The molecule has 6 heterocycles. The van der Waals surface area contributed by atoms with Gasteiger partial charge in [-0.2, -0.15) is 9.61 Å². The van der Waals surface area contributed by atoms with Gasteiger partial charge in [0, 0.05) is 62.4 Å². The second kappa shape index (κ2) is 14.2. The molecule has 0 bridgehead atoms. The molecule has 4 aliphatic rings.